The molecule has 0 heterocycles. The number of nitrogens with one attached hydrogen (secondary N) is 2. The van der Waals surface area contributed by atoms with Crippen LogP contribution in [0.2, 0.25) is 0 Å². The molecule has 100 valence electrons. The van der Waals surface area contributed by atoms with E-state index in [-0.39, 0.29) is 18.0 Å². The maximum absolute atomic E-state index is 11.5. The Morgan fingerprint density at radius 3 is 2.35 bits per heavy atom. The normalized spacial score (nSPS) is 13.2. The van der Waals surface area contributed by atoms with Crippen LogP contribution in [0, 0.1) is 0 Å². The van der Waals surface area contributed by atoms with Gasteiger partial charge in [0.1, 0.15) is 6.04 Å². The van der Waals surface area contributed by atoms with Crippen LogP contribution in [0.4, 0.5) is 0 Å². The van der Waals surface area contributed by atoms with E-state index in [1.54, 1.807) is 11.8 Å². The second-order valence-electron chi connectivity index (χ2n) is 4.84. The van der Waals surface area contributed by atoms with Crippen molar-refractivity contribution in [2.45, 2.75) is 38.8 Å². The molecular weight excluding hydrogens is 240 g/mol. The van der Waals surface area contributed by atoms with Crippen LogP contribution in [0.15, 0.2) is 0 Å². The number of aliphatic carboxylic acids is 1. The number of hydrogen-bond donors (Lipinski definition) is 3. The molecule has 0 radical (unpaired) electrons. The predicted molar refractivity (Wildman–Crippen MR) is 70.3 cm³/mol. The Morgan fingerprint density at radius 1 is 1.35 bits per heavy atom. The van der Waals surface area contributed by atoms with Crippen molar-refractivity contribution in [2.24, 2.45) is 0 Å². The zero-order valence-electron chi connectivity index (χ0n) is 10.9. The van der Waals surface area contributed by atoms with Gasteiger partial charge in [0.05, 0.1) is 6.54 Å². The van der Waals surface area contributed by atoms with Crippen molar-refractivity contribution < 1.29 is 14.7 Å². The number of rotatable bonds is 7. The summed E-state index contributed by atoms with van der Waals surface area (Å²) in [5, 5.41) is 14.5. The van der Waals surface area contributed by atoms with Crippen LogP contribution < -0.4 is 10.6 Å². The van der Waals surface area contributed by atoms with Gasteiger partial charge in [0, 0.05) is 5.54 Å². The van der Waals surface area contributed by atoms with Gasteiger partial charge >= 0.3 is 5.97 Å². The van der Waals surface area contributed by atoms with Crippen LogP contribution >= 0.6 is 11.8 Å². The summed E-state index contributed by atoms with van der Waals surface area (Å²) in [6.07, 6.45) is 2.35. The Labute approximate surface area is 107 Å². The van der Waals surface area contributed by atoms with Crippen LogP contribution in [0.5, 0.6) is 0 Å². The lowest BCUT2D eigenvalue weighted by molar-refractivity contribution is -0.141. The Kier molecular flexibility index (Phi) is 7.22. The van der Waals surface area contributed by atoms with E-state index in [4.69, 9.17) is 5.11 Å². The first-order chi connectivity index (χ1) is 7.76. The third-order valence-electron chi connectivity index (χ3n) is 2.02. The van der Waals surface area contributed by atoms with Gasteiger partial charge in [0.25, 0.3) is 0 Å². The van der Waals surface area contributed by atoms with E-state index in [1.807, 2.05) is 27.0 Å². The second kappa shape index (κ2) is 7.55. The average molecular weight is 262 g/mol. The summed E-state index contributed by atoms with van der Waals surface area (Å²) in [5.74, 6) is -0.555. The Bertz CT molecular complexity index is 264. The monoisotopic (exact) mass is 262 g/mol. The average Bonchev–Trinajstić information content (AvgIpc) is 2.19. The van der Waals surface area contributed by atoms with E-state index in [0.29, 0.717) is 12.2 Å². The minimum absolute atomic E-state index is 0.131. The van der Waals surface area contributed by atoms with Crippen molar-refractivity contribution in [3.05, 3.63) is 0 Å². The zero-order chi connectivity index (χ0) is 13.5. The first-order valence-electron chi connectivity index (χ1n) is 5.52. The van der Waals surface area contributed by atoms with E-state index >= 15 is 0 Å². The first-order valence-corrected chi connectivity index (χ1v) is 6.92. The van der Waals surface area contributed by atoms with Gasteiger partial charge in [-0.1, -0.05) is 0 Å². The van der Waals surface area contributed by atoms with Crippen LogP contribution in [-0.4, -0.2) is 47.1 Å². The summed E-state index contributed by atoms with van der Waals surface area (Å²) in [4.78, 5) is 22.4. The molecule has 6 heteroatoms. The van der Waals surface area contributed by atoms with Crippen LogP contribution in [0.25, 0.3) is 0 Å². The smallest absolute Gasteiger partial charge is 0.326 e. The van der Waals surface area contributed by atoms with Crippen molar-refractivity contribution in [3.8, 4) is 0 Å². The van der Waals surface area contributed by atoms with E-state index < -0.39 is 12.0 Å². The lowest BCUT2D eigenvalue weighted by Gasteiger charge is -2.21. The number of carbonyl (C=O) groups is 2. The number of carbonyl (C=O) groups excluding carboxylic acids is 1. The fraction of sp³-hybridized carbons (Fsp3) is 0.818. The van der Waals surface area contributed by atoms with Crippen molar-refractivity contribution in [3.63, 3.8) is 0 Å². The van der Waals surface area contributed by atoms with Gasteiger partial charge in [-0.25, -0.2) is 4.79 Å². The zero-order valence-corrected chi connectivity index (χ0v) is 11.7. The van der Waals surface area contributed by atoms with Crippen molar-refractivity contribution in [1.29, 1.82) is 0 Å². The molecule has 0 aromatic carbocycles. The molecule has 0 aromatic rings. The SMILES string of the molecule is CSCCC(NC(=O)CNC(C)(C)C)C(=O)O. The molecule has 1 amide bonds. The lowest BCUT2D eigenvalue weighted by Crippen LogP contribution is -2.48. The summed E-state index contributed by atoms with van der Waals surface area (Å²) >= 11 is 1.56. The molecule has 17 heavy (non-hydrogen) atoms. The highest BCUT2D eigenvalue weighted by atomic mass is 32.2. The Balaban J connectivity index is 4.08. The Hall–Kier alpha value is -0.750. The first kappa shape index (κ1) is 16.2. The summed E-state index contributed by atoms with van der Waals surface area (Å²) in [5.41, 5.74) is -0.157. The summed E-state index contributed by atoms with van der Waals surface area (Å²) in [7, 11) is 0. The minimum Gasteiger partial charge on any atom is -0.480 e. The highest BCUT2D eigenvalue weighted by molar-refractivity contribution is 7.98. The van der Waals surface area contributed by atoms with Gasteiger partial charge in [-0.05, 0) is 39.2 Å². The topological polar surface area (TPSA) is 78.4 Å². The molecule has 0 rings (SSSR count). The molecule has 0 aromatic heterocycles. The van der Waals surface area contributed by atoms with Gasteiger partial charge < -0.3 is 15.7 Å². The van der Waals surface area contributed by atoms with Crippen molar-refractivity contribution >= 4 is 23.6 Å². The predicted octanol–water partition coefficient (Wildman–Crippen LogP) is 0.697. The van der Waals surface area contributed by atoms with Gasteiger partial charge in [-0.3, -0.25) is 4.79 Å². The summed E-state index contributed by atoms with van der Waals surface area (Å²) in [6, 6.07) is -0.795. The van der Waals surface area contributed by atoms with Crippen LogP contribution in [-0.2, 0) is 9.59 Å². The van der Waals surface area contributed by atoms with Crippen molar-refractivity contribution in [2.75, 3.05) is 18.6 Å². The fourth-order valence-electron chi connectivity index (χ4n) is 1.08. The van der Waals surface area contributed by atoms with Crippen molar-refractivity contribution in [1.82, 2.24) is 10.6 Å². The highest BCUT2D eigenvalue weighted by Crippen LogP contribution is 2.01. The quantitative estimate of drug-likeness (QED) is 0.629. The third-order valence-corrected chi connectivity index (χ3v) is 2.67. The number of carboxylic acids is 1. The van der Waals surface area contributed by atoms with Gasteiger partial charge in [0.2, 0.25) is 5.91 Å². The van der Waals surface area contributed by atoms with E-state index in [0.717, 1.165) is 0 Å². The molecule has 0 spiro atoms. The number of hydrogen-bond acceptors (Lipinski definition) is 4. The van der Waals surface area contributed by atoms with Crippen LogP contribution in [0.3, 0.4) is 0 Å². The van der Waals surface area contributed by atoms with E-state index in [2.05, 4.69) is 10.6 Å². The summed E-state index contributed by atoms with van der Waals surface area (Å²) < 4.78 is 0. The second-order valence-corrected chi connectivity index (χ2v) is 5.83. The van der Waals surface area contributed by atoms with E-state index in [1.165, 1.54) is 0 Å². The number of carboxylic acid groups (broad SMARTS) is 1. The number of thioether (sulfide) groups is 1. The molecule has 0 saturated carbocycles. The van der Waals surface area contributed by atoms with Gasteiger partial charge in [-0.15, -0.1) is 0 Å². The molecule has 0 aliphatic rings. The molecule has 3 N–H and O–H groups in total. The maximum Gasteiger partial charge on any atom is 0.326 e. The lowest BCUT2D eigenvalue weighted by atomic mass is 10.1. The molecule has 5 nitrogen and oxygen atoms in total. The van der Waals surface area contributed by atoms with Gasteiger partial charge in [0.15, 0.2) is 0 Å². The standard InChI is InChI=1S/C11H22N2O3S/c1-11(2,3)12-7-9(14)13-8(10(15)16)5-6-17-4/h8,12H,5-7H2,1-4H3,(H,13,14)(H,15,16). The fourth-order valence-corrected chi connectivity index (χ4v) is 1.56. The van der Waals surface area contributed by atoms with Crippen LogP contribution in [0.1, 0.15) is 27.2 Å². The molecule has 0 bridgehead atoms. The van der Waals surface area contributed by atoms with Gasteiger partial charge in [-0.2, -0.15) is 11.8 Å². The third kappa shape index (κ3) is 9.00. The molecule has 1 unspecified atom stereocenters. The molecule has 1 atom stereocenters. The maximum atomic E-state index is 11.5. The molecule has 0 aliphatic carbocycles. The van der Waals surface area contributed by atoms with E-state index in [9.17, 15) is 9.59 Å². The Morgan fingerprint density at radius 2 is 1.94 bits per heavy atom. The highest BCUT2D eigenvalue weighted by Gasteiger charge is 2.20. The number of amides is 1. The largest absolute Gasteiger partial charge is 0.480 e. The molecule has 0 saturated heterocycles. The molecule has 0 fully saturated rings. The summed E-state index contributed by atoms with van der Waals surface area (Å²) in [6.45, 7) is 5.97. The molecular formula is C11H22N2O3S. The minimum atomic E-state index is -0.983. The molecule has 0 aliphatic heterocycles.